The molecule has 0 aromatic carbocycles. The van der Waals surface area contributed by atoms with Crippen LogP contribution >= 0.6 is 0 Å². The number of hydrogen-bond donors (Lipinski definition) is 2. The molecule has 0 spiro atoms. The van der Waals surface area contributed by atoms with Gasteiger partial charge in [-0.2, -0.15) is 0 Å². The van der Waals surface area contributed by atoms with Crippen molar-refractivity contribution in [3.63, 3.8) is 0 Å². The van der Waals surface area contributed by atoms with E-state index in [4.69, 9.17) is 5.73 Å². The summed E-state index contributed by atoms with van der Waals surface area (Å²) in [6, 6.07) is 0. The molecule has 1 heterocycles. The molecule has 1 aromatic heterocycles. The molecular formula is C14H19N3O. The molecule has 1 aromatic rings. The summed E-state index contributed by atoms with van der Waals surface area (Å²) in [5.41, 5.74) is 5.61. The molecule has 4 fully saturated rings. The smallest absolute Gasteiger partial charge is 0.274 e. The number of nitrogens with zero attached hydrogens (tertiary/aromatic N) is 1. The molecule has 4 heteroatoms. The van der Waals surface area contributed by atoms with E-state index in [-0.39, 0.29) is 11.2 Å². The minimum Gasteiger partial charge on any atom is -0.393 e. The first kappa shape index (κ1) is 10.6. The molecule has 3 N–H and O–H groups in total. The number of aromatic nitrogens is 2. The second-order valence-electron chi connectivity index (χ2n) is 6.51. The Hall–Kier alpha value is -1.32. The fourth-order valence-electron chi connectivity index (χ4n) is 4.96. The van der Waals surface area contributed by atoms with Crippen molar-refractivity contribution in [3.8, 4) is 0 Å². The van der Waals surface area contributed by atoms with Gasteiger partial charge in [-0.25, -0.2) is 4.98 Å². The van der Waals surface area contributed by atoms with Crippen molar-refractivity contribution in [3.05, 3.63) is 22.4 Å². The normalized spacial score (nSPS) is 41.2. The van der Waals surface area contributed by atoms with Gasteiger partial charge in [0.15, 0.2) is 0 Å². The highest BCUT2D eigenvalue weighted by Gasteiger charge is 2.49. The van der Waals surface area contributed by atoms with E-state index in [9.17, 15) is 4.79 Å². The summed E-state index contributed by atoms with van der Waals surface area (Å²) in [5.74, 6) is 4.75. The summed E-state index contributed by atoms with van der Waals surface area (Å²) in [5, 5.41) is 0. The molecule has 0 atom stereocenters. The second-order valence-corrected chi connectivity index (χ2v) is 6.51. The number of nitrogen functional groups attached to an aromatic ring is 1. The minimum atomic E-state index is -0.172. The topological polar surface area (TPSA) is 71.8 Å². The van der Waals surface area contributed by atoms with Crippen LogP contribution in [0.25, 0.3) is 0 Å². The molecule has 96 valence electrons. The Labute approximate surface area is 106 Å². The zero-order valence-electron chi connectivity index (χ0n) is 10.4. The van der Waals surface area contributed by atoms with Crippen LogP contribution in [-0.2, 0) is 0 Å². The van der Waals surface area contributed by atoms with E-state index < -0.39 is 0 Å². The first-order valence-electron chi connectivity index (χ1n) is 7.05. The van der Waals surface area contributed by atoms with Crippen LogP contribution in [0.15, 0.2) is 11.0 Å². The molecule has 4 bridgehead atoms. The number of rotatable bonds is 1. The van der Waals surface area contributed by atoms with Crippen LogP contribution < -0.4 is 11.3 Å². The van der Waals surface area contributed by atoms with Crippen molar-refractivity contribution in [2.45, 2.75) is 38.0 Å². The van der Waals surface area contributed by atoms with E-state index in [2.05, 4.69) is 9.97 Å². The van der Waals surface area contributed by atoms with Crippen LogP contribution in [0.4, 0.5) is 5.69 Å². The zero-order valence-corrected chi connectivity index (χ0v) is 10.4. The lowest BCUT2D eigenvalue weighted by Crippen LogP contribution is -2.44. The maximum Gasteiger partial charge on any atom is 0.274 e. The monoisotopic (exact) mass is 245 g/mol. The van der Waals surface area contributed by atoms with Gasteiger partial charge in [0, 0.05) is 5.92 Å². The Balaban J connectivity index is 1.72. The fraction of sp³-hybridized carbons (Fsp3) is 0.714. The van der Waals surface area contributed by atoms with Gasteiger partial charge in [-0.15, -0.1) is 0 Å². The number of anilines is 1. The Morgan fingerprint density at radius 1 is 1.11 bits per heavy atom. The van der Waals surface area contributed by atoms with Crippen molar-refractivity contribution in [1.82, 2.24) is 9.97 Å². The van der Waals surface area contributed by atoms with Crippen LogP contribution in [0.5, 0.6) is 0 Å². The summed E-state index contributed by atoms with van der Waals surface area (Å²) in [4.78, 5) is 19.0. The van der Waals surface area contributed by atoms with Gasteiger partial charge in [-0.05, 0) is 55.8 Å². The van der Waals surface area contributed by atoms with E-state index in [1.165, 1.54) is 38.3 Å². The van der Waals surface area contributed by atoms with Gasteiger partial charge in [-0.3, -0.25) is 4.79 Å². The van der Waals surface area contributed by atoms with Gasteiger partial charge in [-0.1, -0.05) is 0 Å². The van der Waals surface area contributed by atoms with Crippen LogP contribution in [-0.4, -0.2) is 9.97 Å². The maximum atomic E-state index is 11.7. The summed E-state index contributed by atoms with van der Waals surface area (Å²) < 4.78 is 0. The van der Waals surface area contributed by atoms with E-state index >= 15 is 0 Å². The van der Waals surface area contributed by atoms with Crippen molar-refractivity contribution in [1.29, 1.82) is 0 Å². The molecule has 5 rings (SSSR count). The third kappa shape index (κ3) is 1.44. The van der Waals surface area contributed by atoms with Crippen LogP contribution in [0, 0.1) is 23.7 Å². The number of nitrogens with two attached hydrogens (primary N) is 1. The number of hydrogen-bond acceptors (Lipinski definition) is 3. The molecule has 18 heavy (non-hydrogen) atoms. The van der Waals surface area contributed by atoms with Gasteiger partial charge < -0.3 is 10.7 Å². The van der Waals surface area contributed by atoms with Crippen molar-refractivity contribution in [2.75, 3.05) is 5.73 Å². The molecule has 0 saturated heterocycles. The molecule has 0 amide bonds. The molecule has 0 unspecified atom stereocenters. The second kappa shape index (κ2) is 3.59. The van der Waals surface area contributed by atoms with Crippen molar-refractivity contribution in [2.24, 2.45) is 23.7 Å². The molecule has 4 nitrogen and oxygen atoms in total. The van der Waals surface area contributed by atoms with Gasteiger partial charge in [0.05, 0.1) is 6.20 Å². The van der Waals surface area contributed by atoms with Crippen LogP contribution in [0.3, 0.4) is 0 Å². The van der Waals surface area contributed by atoms with Crippen molar-refractivity contribution < 1.29 is 0 Å². The average molecular weight is 245 g/mol. The Morgan fingerprint density at radius 3 is 2.28 bits per heavy atom. The Morgan fingerprint density at radius 2 is 1.72 bits per heavy atom. The van der Waals surface area contributed by atoms with Gasteiger partial charge in [0.1, 0.15) is 11.5 Å². The third-order valence-electron chi connectivity index (χ3n) is 5.39. The van der Waals surface area contributed by atoms with Crippen LogP contribution in [0.1, 0.15) is 43.8 Å². The fourth-order valence-corrected chi connectivity index (χ4v) is 4.96. The predicted octanol–water partition coefficient (Wildman–Crippen LogP) is 1.89. The Bertz CT molecular complexity index is 508. The first-order chi connectivity index (χ1) is 8.70. The summed E-state index contributed by atoms with van der Waals surface area (Å²) in [6.45, 7) is 0. The average Bonchev–Trinajstić information content (AvgIpc) is 2.32. The quantitative estimate of drug-likeness (QED) is 0.793. The molecule has 0 aliphatic heterocycles. The summed E-state index contributed by atoms with van der Waals surface area (Å²) >= 11 is 0. The van der Waals surface area contributed by atoms with Crippen LogP contribution in [0.2, 0.25) is 0 Å². The lowest BCUT2D eigenvalue weighted by atomic mass is 9.51. The number of aromatic amines is 1. The molecular weight excluding hydrogens is 226 g/mol. The van der Waals surface area contributed by atoms with Crippen molar-refractivity contribution >= 4 is 5.69 Å². The Kier molecular flexibility index (Phi) is 2.11. The predicted molar refractivity (Wildman–Crippen MR) is 69.1 cm³/mol. The zero-order chi connectivity index (χ0) is 12.3. The SMILES string of the molecule is Nc1cnc(C2C3CC4CC(C3)CC2C4)[nH]c1=O. The van der Waals surface area contributed by atoms with E-state index in [0.717, 1.165) is 29.5 Å². The lowest BCUT2D eigenvalue weighted by molar-refractivity contribution is -0.00571. The number of nitrogens with one attached hydrogen (secondary N) is 1. The van der Waals surface area contributed by atoms with Gasteiger partial charge >= 0.3 is 0 Å². The van der Waals surface area contributed by atoms with E-state index in [0.29, 0.717) is 5.92 Å². The minimum absolute atomic E-state index is 0.172. The van der Waals surface area contributed by atoms with E-state index in [1.54, 1.807) is 0 Å². The lowest BCUT2D eigenvalue weighted by Gasteiger charge is -2.53. The summed E-state index contributed by atoms with van der Waals surface area (Å²) in [6.07, 6.45) is 8.33. The highest BCUT2D eigenvalue weighted by molar-refractivity contribution is 5.31. The maximum absolute atomic E-state index is 11.7. The molecule has 4 saturated carbocycles. The van der Waals surface area contributed by atoms with Gasteiger partial charge in [0.2, 0.25) is 0 Å². The highest BCUT2D eigenvalue weighted by atomic mass is 16.1. The first-order valence-corrected chi connectivity index (χ1v) is 7.05. The van der Waals surface area contributed by atoms with E-state index in [1.807, 2.05) is 0 Å². The molecule has 0 radical (unpaired) electrons. The third-order valence-corrected chi connectivity index (χ3v) is 5.39. The summed E-state index contributed by atoms with van der Waals surface area (Å²) in [7, 11) is 0. The molecule has 4 aliphatic rings. The number of H-pyrrole nitrogens is 1. The highest BCUT2D eigenvalue weighted by Crippen LogP contribution is 2.59. The van der Waals surface area contributed by atoms with Gasteiger partial charge in [0.25, 0.3) is 5.56 Å². The standard InChI is InChI=1S/C14H19N3O/c15-11-6-16-13(17-14(11)18)12-9-2-7-1-8(4-9)5-10(12)3-7/h6-10,12H,1-5,15H2,(H,16,17,18). The largest absolute Gasteiger partial charge is 0.393 e. The molecule has 4 aliphatic carbocycles.